The third-order valence-electron chi connectivity index (χ3n) is 2.62. The Morgan fingerprint density at radius 2 is 2.00 bits per heavy atom. The van der Waals surface area contributed by atoms with E-state index in [1.54, 1.807) is 6.92 Å². The molecule has 0 fully saturated rings. The third kappa shape index (κ3) is 2.46. The highest BCUT2D eigenvalue weighted by atomic mass is 35.5. The Labute approximate surface area is 119 Å². The summed E-state index contributed by atoms with van der Waals surface area (Å²) in [6, 6.07) is 1.21. The second-order valence-corrected chi connectivity index (χ2v) is 4.25. The van der Waals surface area contributed by atoms with Gasteiger partial charge in [0, 0.05) is 0 Å². The fourth-order valence-electron chi connectivity index (χ4n) is 1.78. The monoisotopic (exact) mass is 298 g/mol. The second kappa shape index (κ2) is 5.92. The van der Waals surface area contributed by atoms with Gasteiger partial charge >= 0.3 is 5.97 Å². The molecule has 0 atom stereocenters. The standard InChI is InChI=1S/C13H11ClO6/c1-2-18-13(17)10(16)7-5-9(14)8(6-15)12-11(7)19-3-4-20-12/h5-6H,2-4H2,1H3. The molecule has 0 spiro atoms. The van der Waals surface area contributed by atoms with Gasteiger partial charge in [-0.3, -0.25) is 9.59 Å². The first-order valence-corrected chi connectivity index (χ1v) is 6.26. The molecule has 2 rings (SSSR count). The predicted molar refractivity (Wildman–Crippen MR) is 68.8 cm³/mol. The number of carbonyl (C=O) groups is 3. The number of halogens is 1. The van der Waals surface area contributed by atoms with E-state index in [0.717, 1.165) is 0 Å². The summed E-state index contributed by atoms with van der Waals surface area (Å²) in [5.41, 5.74) is 0.00975. The Bertz CT molecular complexity index is 581. The molecule has 1 heterocycles. The molecular weight excluding hydrogens is 288 g/mol. The number of hydrogen-bond acceptors (Lipinski definition) is 6. The lowest BCUT2D eigenvalue weighted by Gasteiger charge is -2.22. The first-order chi connectivity index (χ1) is 9.60. The Kier molecular flexibility index (Phi) is 4.24. The van der Waals surface area contributed by atoms with Crippen LogP contribution >= 0.6 is 11.6 Å². The average molecular weight is 299 g/mol. The molecule has 0 radical (unpaired) electrons. The summed E-state index contributed by atoms with van der Waals surface area (Å²) in [4.78, 5) is 34.5. The highest BCUT2D eigenvalue weighted by Gasteiger charge is 2.29. The summed E-state index contributed by atoms with van der Waals surface area (Å²) < 4.78 is 15.3. The van der Waals surface area contributed by atoms with E-state index in [1.807, 2.05) is 0 Å². The van der Waals surface area contributed by atoms with Crippen LogP contribution in [0.1, 0.15) is 27.6 Å². The van der Waals surface area contributed by atoms with Gasteiger partial charge in [-0.15, -0.1) is 0 Å². The maximum atomic E-state index is 12.0. The highest BCUT2D eigenvalue weighted by molar-refractivity contribution is 6.42. The van der Waals surface area contributed by atoms with Gasteiger partial charge in [0.05, 0.1) is 22.8 Å². The molecular formula is C13H11ClO6. The minimum absolute atomic E-state index is 0.0110. The number of aldehydes is 1. The first kappa shape index (κ1) is 14.3. The number of Topliss-reactive ketones (excluding diaryl/α,β-unsaturated/α-hetero) is 1. The predicted octanol–water partition coefficient (Wildman–Crippen LogP) is 1.67. The number of rotatable bonds is 4. The number of fused-ring (bicyclic) bond motifs is 1. The summed E-state index contributed by atoms with van der Waals surface area (Å²) in [5.74, 6) is -1.79. The average Bonchev–Trinajstić information content (AvgIpc) is 2.46. The zero-order valence-corrected chi connectivity index (χ0v) is 11.4. The maximum Gasteiger partial charge on any atom is 0.379 e. The molecule has 0 saturated carbocycles. The second-order valence-electron chi connectivity index (χ2n) is 3.84. The van der Waals surface area contributed by atoms with Crippen molar-refractivity contribution in [3.8, 4) is 11.5 Å². The molecule has 1 aliphatic rings. The topological polar surface area (TPSA) is 78.9 Å². The molecule has 1 aromatic rings. The number of esters is 1. The van der Waals surface area contributed by atoms with Gasteiger partial charge in [-0.1, -0.05) is 11.6 Å². The molecule has 7 heteroatoms. The molecule has 0 amide bonds. The van der Waals surface area contributed by atoms with E-state index >= 15 is 0 Å². The van der Waals surface area contributed by atoms with Crippen LogP contribution in [0.25, 0.3) is 0 Å². The molecule has 20 heavy (non-hydrogen) atoms. The van der Waals surface area contributed by atoms with E-state index in [0.29, 0.717) is 6.29 Å². The number of ketones is 1. The van der Waals surface area contributed by atoms with Gasteiger partial charge in [0.1, 0.15) is 13.2 Å². The Hall–Kier alpha value is -2.08. The zero-order valence-electron chi connectivity index (χ0n) is 10.6. The molecule has 0 aliphatic carbocycles. The molecule has 0 saturated heterocycles. The van der Waals surface area contributed by atoms with Crippen LogP contribution in [0.15, 0.2) is 6.07 Å². The SMILES string of the molecule is CCOC(=O)C(=O)c1cc(Cl)c(C=O)c2c1OCCO2. The quantitative estimate of drug-likeness (QED) is 0.364. The largest absolute Gasteiger partial charge is 0.485 e. The summed E-state index contributed by atoms with van der Waals surface area (Å²) in [5, 5.41) is 0.0110. The maximum absolute atomic E-state index is 12.0. The van der Waals surface area contributed by atoms with Crippen molar-refractivity contribution in [1.29, 1.82) is 0 Å². The van der Waals surface area contributed by atoms with Crippen molar-refractivity contribution in [2.45, 2.75) is 6.92 Å². The van der Waals surface area contributed by atoms with E-state index in [9.17, 15) is 14.4 Å². The fraction of sp³-hybridized carbons (Fsp3) is 0.308. The molecule has 1 aliphatic heterocycles. The molecule has 106 valence electrons. The van der Waals surface area contributed by atoms with Crippen LogP contribution in [0.4, 0.5) is 0 Å². The molecule has 0 bridgehead atoms. The lowest BCUT2D eigenvalue weighted by Crippen LogP contribution is -2.23. The molecule has 0 aromatic heterocycles. The van der Waals surface area contributed by atoms with Gasteiger partial charge in [-0.05, 0) is 13.0 Å². The van der Waals surface area contributed by atoms with Crippen LogP contribution in [0.5, 0.6) is 11.5 Å². The van der Waals surface area contributed by atoms with Gasteiger partial charge in [-0.2, -0.15) is 0 Å². The van der Waals surface area contributed by atoms with E-state index < -0.39 is 11.8 Å². The summed E-state index contributed by atoms with van der Waals surface area (Å²) in [6.45, 7) is 2.09. The molecule has 1 aromatic carbocycles. The third-order valence-corrected chi connectivity index (χ3v) is 2.94. The van der Waals surface area contributed by atoms with Gasteiger partial charge in [-0.25, -0.2) is 4.79 Å². The highest BCUT2D eigenvalue weighted by Crippen LogP contribution is 2.40. The van der Waals surface area contributed by atoms with Crippen LogP contribution in [-0.4, -0.2) is 37.9 Å². The minimum atomic E-state index is -1.02. The lowest BCUT2D eigenvalue weighted by molar-refractivity contribution is -0.137. The smallest absolute Gasteiger partial charge is 0.379 e. The van der Waals surface area contributed by atoms with E-state index in [1.165, 1.54) is 6.07 Å². The van der Waals surface area contributed by atoms with Crippen molar-refractivity contribution < 1.29 is 28.6 Å². The van der Waals surface area contributed by atoms with Crippen molar-refractivity contribution in [2.24, 2.45) is 0 Å². The van der Waals surface area contributed by atoms with Crippen molar-refractivity contribution in [3.63, 3.8) is 0 Å². The van der Waals surface area contributed by atoms with Gasteiger partial charge in [0.2, 0.25) is 0 Å². The fourth-order valence-corrected chi connectivity index (χ4v) is 2.02. The van der Waals surface area contributed by atoms with Crippen molar-refractivity contribution in [3.05, 3.63) is 22.2 Å². The summed E-state index contributed by atoms with van der Waals surface area (Å²) >= 11 is 5.92. The Morgan fingerprint density at radius 3 is 2.60 bits per heavy atom. The lowest BCUT2D eigenvalue weighted by atomic mass is 10.0. The minimum Gasteiger partial charge on any atom is -0.485 e. The number of benzene rings is 1. The van der Waals surface area contributed by atoms with Crippen LogP contribution < -0.4 is 9.47 Å². The summed E-state index contributed by atoms with van der Waals surface area (Å²) in [6.07, 6.45) is 0.508. The van der Waals surface area contributed by atoms with Crippen molar-refractivity contribution in [1.82, 2.24) is 0 Å². The van der Waals surface area contributed by atoms with Crippen LogP contribution in [0.3, 0.4) is 0 Å². The summed E-state index contributed by atoms with van der Waals surface area (Å²) in [7, 11) is 0. The number of hydrogen-bond donors (Lipinski definition) is 0. The van der Waals surface area contributed by atoms with E-state index in [-0.39, 0.29) is 47.5 Å². The van der Waals surface area contributed by atoms with Crippen LogP contribution in [0.2, 0.25) is 5.02 Å². The number of ether oxygens (including phenoxy) is 3. The number of carbonyl (C=O) groups excluding carboxylic acids is 3. The molecule has 6 nitrogen and oxygen atoms in total. The molecule has 0 unspecified atom stereocenters. The van der Waals surface area contributed by atoms with Crippen LogP contribution in [-0.2, 0) is 9.53 Å². The normalized spacial score (nSPS) is 12.7. The van der Waals surface area contributed by atoms with Crippen LogP contribution in [0, 0.1) is 0 Å². The van der Waals surface area contributed by atoms with Gasteiger partial charge < -0.3 is 14.2 Å². The Morgan fingerprint density at radius 1 is 1.35 bits per heavy atom. The van der Waals surface area contributed by atoms with Gasteiger partial charge in [0.25, 0.3) is 5.78 Å². The molecule has 0 N–H and O–H groups in total. The van der Waals surface area contributed by atoms with E-state index in [2.05, 4.69) is 4.74 Å². The Balaban J connectivity index is 2.54. The first-order valence-electron chi connectivity index (χ1n) is 5.88. The van der Waals surface area contributed by atoms with Crippen molar-refractivity contribution >= 4 is 29.6 Å². The van der Waals surface area contributed by atoms with Gasteiger partial charge in [0.15, 0.2) is 17.8 Å². The van der Waals surface area contributed by atoms with Crippen molar-refractivity contribution in [2.75, 3.05) is 19.8 Å². The zero-order chi connectivity index (χ0) is 14.7. The van der Waals surface area contributed by atoms with E-state index in [4.69, 9.17) is 21.1 Å².